The Bertz CT molecular complexity index is 671. The van der Waals surface area contributed by atoms with Crippen molar-refractivity contribution in [3.8, 4) is 0 Å². The molecule has 6 heteroatoms. The SMILES string of the molecule is [2H]C([2H])n1c(=O)c2[nH]cnc2n(C([2H])[2H])c1=O. The predicted molar refractivity (Wildman–Crippen MR) is 46.6 cm³/mol. The molecule has 0 spiro atoms. The van der Waals surface area contributed by atoms with E-state index in [2.05, 4.69) is 9.97 Å². The Morgan fingerprint density at radius 2 is 2.23 bits per heavy atom. The van der Waals surface area contributed by atoms with Crippen LogP contribution in [-0.4, -0.2) is 19.1 Å². The van der Waals surface area contributed by atoms with E-state index in [0.717, 1.165) is 6.33 Å². The predicted octanol–water partition coefficient (Wildman–Crippen LogP) is -1.04. The molecule has 0 aliphatic carbocycles. The van der Waals surface area contributed by atoms with Gasteiger partial charge in [0.2, 0.25) is 0 Å². The lowest BCUT2D eigenvalue weighted by Crippen LogP contribution is -2.36. The fourth-order valence-corrected chi connectivity index (χ4v) is 1.04. The van der Waals surface area contributed by atoms with Crippen LogP contribution in [0.25, 0.3) is 11.2 Å². The first-order valence-corrected chi connectivity index (χ1v) is 3.34. The van der Waals surface area contributed by atoms with Gasteiger partial charge in [-0.15, -0.1) is 0 Å². The Hall–Kier alpha value is -1.85. The summed E-state index contributed by atoms with van der Waals surface area (Å²) in [6, 6.07) is 0. The van der Waals surface area contributed by atoms with E-state index >= 15 is 0 Å². The van der Waals surface area contributed by atoms with Crippen LogP contribution in [0.5, 0.6) is 0 Å². The molecule has 6 nitrogen and oxygen atoms in total. The quantitative estimate of drug-likeness (QED) is 0.568. The van der Waals surface area contributed by atoms with Crippen LogP contribution >= 0.6 is 0 Å². The van der Waals surface area contributed by atoms with E-state index in [-0.39, 0.29) is 11.2 Å². The summed E-state index contributed by atoms with van der Waals surface area (Å²) in [5.74, 6) is 0. The lowest BCUT2D eigenvalue weighted by Gasteiger charge is -2.00. The van der Waals surface area contributed by atoms with Gasteiger partial charge in [0.1, 0.15) is 5.52 Å². The largest absolute Gasteiger partial charge is 0.339 e. The first-order chi connectivity index (χ1) is 7.95. The van der Waals surface area contributed by atoms with Crippen molar-refractivity contribution in [1.29, 1.82) is 0 Å². The van der Waals surface area contributed by atoms with Crippen molar-refractivity contribution in [3.63, 3.8) is 0 Å². The number of nitrogens with one attached hydrogen (secondary N) is 1. The Balaban J connectivity index is 3.03. The normalized spacial score (nSPS) is 15.8. The van der Waals surface area contributed by atoms with Crippen LogP contribution < -0.4 is 11.2 Å². The fourth-order valence-electron chi connectivity index (χ4n) is 1.04. The second-order valence-electron chi connectivity index (χ2n) is 2.43. The number of aromatic amines is 1. The highest BCUT2D eigenvalue weighted by Gasteiger charge is 2.08. The summed E-state index contributed by atoms with van der Waals surface area (Å²) in [5, 5.41) is 0. The Labute approximate surface area is 78.1 Å². The van der Waals surface area contributed by atoms with Gasteiger partial charge in [0.25, 0.3) is 5.56 Å². The van der Waals surface area contributed by atoms with E-state index in [4.69, 9.17) is 5.48 Å². The smallest absolute Gasteiger partial charge is 0.332 e. The lowest BCUT2D eigenvalue weighted by atomic mass is 10.5. The zero-order valence-corrected chi connectivity index (χ0v) is 6.39. The number of aromatic nitrogens is 4. The molecule has 0 unspecified atom stereocenters. The van der Waals surface area contributed by atoms with Crippen LogP contribution in [0.4, 0.5) is 0 Å². The van der Waals surface area contributed by atoms with Crippen LogP contribution in [-0.2, 0) is 14.0 Å². The van der Waals surface area contributed by atoms with Gasteiger partial charge in [0, 0.05) is 19.5 Å². The van der Waals surface area contributed by atoms with Crippen molar-refractivity contribution >= 4 is 11.2 Å². The summed E-state index contributed by atoms with van der Waals surface area (Å²) in [6.45, 7) is -3.55. The molecule has 1 N–H and O–H groups in total. The van der Waals surface area contributed by atoms with Crippen LogP contribution in [0.3, 0.4) is 0 Å². The van der Waals surface area contributed by atoms with Gasteiger partial charge >= 0.3 is 5.69 Å². The van der Waals surface area contributed by atoms with Gasteiger partial charge in [-0.05, 0) is 0 Å². The van der Waals surface area contributed by atoms with Crippen molar-refractivity contribution in [3.05, 3.63) is 27.2 Å². The number of rotatable bonds is 0. The van der Waals surface area contributed by atoms with Crippen LogP contribution in [0.15, 0.2) is 15.9 Å². The number of hydrogen-bond acceptors (Lipinski definition) is 3. The van der Waals surface area contributed by atoms with Gasteiger partial charge in [-0.3, -0.25) is 13.9 Å². The third-order valence-electron chi connectivity index (χ3n) is 1.69. The van der Waals surface area contributed by atoms with Gasteiger partial charge < -0.3 is 4.98 Å². The second kappa shape index (κ2) is 2.32. The highest BCUT2D eigenvalue weighted by molar-refractivity contribution is 5.68. The van der Waals surface area contributed by atoms with Crippen molar-refractivity contribution in [2.24, 2.45) is 14.0 Å². The minimum Gasteiger partial charge on any atom is -0.339 e. The van der Waals surface area contributed by atoms with E-state index in [1.54, 1.807) is 0 Å². The maximum absolute atomic E-state index is 11.8. The van der Waals surface area contributed by atoms with Crippen molar-refractivity contribution < 1.29 is 5.48 Å². The first-order valence-electron chi connectivity index (χ1n) is 5.65. The molecule has 0 fully saturated rings. The van der Waals surface area contributed by atoms with E-state index in [1.807, 2.05) is 0 Å². The molecule has 0 radical (unpaired) electrons. The minimum atomic E-state index is -1.84. The molecule has 13 heavy (non-hydrogen) atoms. The van der Waals surface area contributed by atoms with Gasteiger partial charge in [-0.2, -0.15) is 0 Å². The summed E-state index contributed by atoms with van der Waals surface area (Å²) in [4.78, 5) is 29.7. The molecule has 2 rings (SSSR count). The fraction of sp³-hybridized carbons (Fsp3) is 0.286. The summed E-state index contributed by atoms with van der Waals surface area (Å²) < 4.78 is 29.7. The summed E-state index contributed by atoms with van der Waals surface area (Å²) in [6.07, 6.45) is 1.15. The third-order valence-corrected chi connectivity index (χ3v) is 1.69. The van der Waals surface area contributed by atoms with Crippen LogP contribution in [0.2, 0.25) is 0 Å². The maximum Gasteiger partial charge on any atom is 0.332 e. The van der Waals surface area contributed by atoms with E-state index in [0.29, 0.717) is 9.13 Å². The Morgan fingerprint density at radius 1 is 1.46 bits per heavy atom. The Kier molecular flexibility index (Phi) is 0.785. The average Bonchev–Trinajstić information content (AvgIpc) is 2.65. The van der Waals surface area contributed by atoms with E-state index in [1.165, 1.54) is 0 Å². The summed E-state index contributed by atoms with van der Waals surface area (Å²) >= 11 is 0. The molecule has 0 aliphatic rings. The molecule has 68 valence electrons. The summed E-state index contributed by atoms with van der Waals surface area (Å²) in [5.41, 5.74) is -2.13. The van der Waals surface area contributed by atoms with E-state index < -0.39 is 25.2 Å². The minimum absolute atomic E-state index is 0.0985. The van der Waals surface area contributed by atoms with Crippen molar-refractivity contribution in [2.45, 2.75) is 0 Å². The van der Waals surface area contributed by atoms with E-state index in [9.17, 15) is 9.59 Å². The topological polar surface area (TPSA) is 72.7 Å². The van der Waals surface area contributed by atoms with Gasteiger partial charge in [0.05, 0.1) is 6.33 Å². The number of nitrogens with zero attached hydrogens (tertiary/aromatic N) is 3. The molecule has 0 saturated heterocycles. The molecular weight excluding hydrogens is 172 g/mol. The molecule has 0 bridgehead atoms. The standard InChI is InChI=1S/C7H8N4O2/c1-10-5-4(8-3-9-5)6(12)11(2)7(10)13/h3H,1-2H3,(H,8,9)/i1D2,2D2. The highest BCUT2D eigenvalue weighted by Crippen LogP contribution is 1.97. The first kappa shape index (κ1) is 4.40. The van der Waals surface area contributed by atoms with Crippen molar-refractivity contribution in [1.82, 2.24) is 19.1 Å². The van der Waals surface area contributed by atoms with Gasteiger partial charge in [-0.1, -0.05) is 0 Å². The number of aryl methyl sites for hydroxylation is 1. The Morgan fingerprint density at radius 3 is 2.92 bits per heavy atom. The number of H-pyrrole nitrogens is 1. The molecule has 2 heterocycles. The average molecular weight is 184 g/mol. The third kappa shape index (κ3) is 0.851. The monoisotopic (exact) mass is 184 g/mol. The number of hydrogen-bond donors (Lipinski definition) is 1. The van der Waals surface area contributed by atoms with Crippen molar-refractivity contribution in [2.75, 3.05) is 0 Å². The second-order valence-corrected chi connectivity index (χ2v) is 2.43. The zero-order valence-electron chi connectivity index (χ0n) is 10.4. The zero-order chi connectivity index (χ0) is 12.7. The van der Waals surface area contributed by atoms with Gasteiger partial charge in [-0.25, -0.2) is 9.78 Å². The molecule has 0 aliphatic heterocycles. The molecule has 2 aromatic rings. The van der Waals surface area contributed by atoms with Crippen LogP contribution in [0, 0.1) is 0 Å². The molecule has 0 aromatic carbocycles. The summed E-state index contributed by atoms with van der Waals surface area (Å²) in [7, 11) is 0. The number of imidazole rings is 1. The lowest BCUT2D eigenvalue weighted by molar-refractivity contribution is 0.709. The van der Waals surface area contributed by atoms with Gasteiger partial charge in [0.15, 0.2) is 5.65 Å². The molecular formula is C7H8N4O2. The van der Waals surface area contributed by atoms with Crippen LogP contribution in [0.1, 0.15) is 5.48 Å². The molecule has 2 aromatic heterocycles. The highest BCUT2D eigenvalue weighted by atomic mass is 16.2. The molecule has 0 atom stereocenters. The maximum atomic E-state index is 11.8. The molecule has 0 saturated carbocycles. The molecule has 0 amide bonds. The number of fused-ring (bicyclic) bond motifs is 1.